The lowest BCUT2D eigenvalue weighted by Crippen LogP contribution is -2.19. The van der Waals surface area contributed by atoms with Crippen molar-refractivity contribution >= 4 is 0 Å². The molecule has 0 atom stereocenters. The third-order valence-corrected chi connectivity index (χ3v) is 1.78. The molecular weight excluding hydrogens is 180 g/mol. The van der Waals surface area contributed by atoms with Crippen LogP contribution in [-0.2, 0) is 0 Å². The smallest absolute Gasteiger partial charge is 0.304 e. The van der Waals surface area contributed by atoms with Crippen molar-refractivity contribution in [3.63, 3.8) is 0 Å². The molecular formula is C10H18N2O2. The minimum absolute atomic E-state index is 0.218. The minimum atomic E-state index is 0.218. The molecule has 0 amide bonds. The van der Waals surface area contributed by atoms with Crippen molar-refractivity contribution in [2.45, 2.75) is 39.8 Å². The van der Waals surface area contributed by atoms with Crippen LogP contribution in [0.15, 0.2) is 15.6 Å². The second kappa shape index (κ2) is 4.35. The van der Waals surface area contributed by atoms with Crippen LogP contribution in [-0.4, -0.2) is 17.7 Å². The lowest BCUT2D eigenvalue weighted by Gasteiger charge is -2.04. The van der Waals surface area contributed by atoms with Gasteiger partial charge >= 0.3 is 5.95 Å². The van der Waals surface area contributed by atoms with Crippen molar-refractivity contribution in [3.05, 3.63) is 11.9 Å². The molecule has 1 rings (SSSR count). The summed E-state index contributed by atoms with van der Waals surface area (Å²) in [4.78, 5) is 4.37. The van der Waals surface area contributed by atoms with Crippen molar-refractivity contribution in [2.75, 3.05) is 7.11 Å². The van der Waals surface area contributed by atoms with Crippen LogP contribution < -0.4 is 10.4 Å². The maximum atomic E-state index is 5.41. The molecule has 1 aromatic heterocycles. The second-order valence-corrected chi connectivity index (χ2v) is 3.76. The summed E-state index contributed by atoms with van der Waals surface area (Å²) in [7, 11) is 1.59. The van der Waals surface area contributed by atoms with Gasteiger partial charge < -0.3 is 9.15 Å². The SMILES string of the molecule is COc1cn(C(C)C)c(=NC(C)C)o1. The van der Waals surface area contributed by atoms with Gasteiger partial charge in [-0.3, -0.25) is 4.57 Å². The third-order valence-electron chi connectivity index (χ3n) is 1.78. The molecule has 0 aliphatic heterocycles. The fourth-order valence-corrected chi connectivity index (χ4v) is 1.12. The van der Waals surface area contributed by atoms with Crippen LogP contribution in [0, 0.1) is 0 Å². The topological polar surface area (TPSA) is 39.7 Å². The molecule has 1 aromatic rings. The molecule has 0 spiro atoms. The van der Waals surface area contributed by atoms with Crippen LogP contribution in [0.25, 0.3) is 0 Å². The molecule has 4 nitrogen and oxygen atoms in total. The Bertz CT molecular complexity index is 347. The zero-order chi connectivity index (χ0) is 10.7. The predicted molar refractivity (Wildman–Crippen MR) is 54.3 cm³/mol. The molecule has 0 aliphatic rings. The minimum Gasteiger partial charge on any atom is -0.467 e. The molecule has 0 saturated carbocycles. The van der Waals surface area contributed by atoms with E-state index in [0.29, 0.717) is 17.7 Å². The van der Waals surface area contributed by atoms with Gasteiger partial charge in [-0.15, -0.1) is 0 Å². The van der Waals surface area contributed by atoms with Crippen molar-refractivity contribution in [1.29, 1.82) is 0 Å². The lowest BCUT2D eigenvalue weighted by molar-refractivity contribution is 0.286. The van der Waals surface area contributed by atoms with Crippen LogP contribution in [0.1, 0.15) is 33.7 Å². The van der Waals surface area contributed by atoms with E-state index in [0.717, 1.165) is 0 Å². The molecule has 0 N–H and O–H groups in total. The van der Waals surface area contributed by atoms with E-state index in [-0.39, 0.29) is 6.04 Å². The highest BCUT2D eigenvalue weighted by atomic mass is 16.6. The zero-order valence-electron chi connectivity index (χ0n) is 9.44. The van der Waals surface area contributed by atoms with Crippen LogP contribution in [0.2, 0.25) is 0 Å². The summed E-state index contributed by atoms with van der Waals surface area (Å²) in [6.45, 7) is 8.18. The Balaban J connectivity index is 3.19. The monoisotopic (exact) mass is 198 g/mol. The van der Waals surface area contributed by atoms with Gasteiger partial charge in [0.2, 0.25) is 0 Å². The number of methoxy groups -OCH3 is 1. The summed E-state index contributed by atoms with van der Waals surface area (Å²) in [5, 5.41) is 0. The van der Waals surface area contributed by atoms with Crippen molar-refractivity contribution < 1.29 is 9.15 Å². The van der Waals surface area contributed by atoms with Gasteiger partial charge in [-0.1, -0.05) is 0 Å². The Morgan fingerprint density at radius 2 is 2.00 bits per heavy atom. The Kier molecular flexibility index (Phi) is 3.38. The molecule has 0 bridgehead atoms. The van der Waals surface area contributed by atoms with E-state index >= 15 is 0 Å². The summed E-state index contributed by atoms with van der Waals surface area (Å²) in [5.41, 5.74) is 0.617. The van der Waals surface area contributed by atoms with Gasteiger partial charge in [0.05, 0.1) is 13.3 Å². The molecule has 0 saturated heterocycles. The van der Waals surface area contributed by atoms with E-state index in [4.69, 9.17) is 9.15 Å². The van der Waals surface area contributed by atoms with E-state index in [1.54, 1.807) is 7.11 Å². The van der Waals surface area contributed by atoms with Gasteiger partial charge in [-0.25, -0.2) is 4.99 Å². The first-order chi connectivity index (χ1) is 6.54. The fraction of sp³-hybridized carbons (Fsp3) is 0.700. The van der Waals surface area contributed by atoms with Gasteiger partial charge in [0, 0.05) is 12.1 Å². The molecule has 0 fully saturated rings. The quantitative estimate of drug-likeness (QED) is 0.745. The van der Waals surface area contributed by atoms with Gasteiger partial charge in [-0.2, -0.15) is 0 Å². The van der Waals surface area contributed by atoms with E-state index in [9.17, 15) is 0 Å². The molecule has 80 valence electrons. The average molecular weight is 198 g/mol. The zero-order valence-corrected chi connectivity index (χ0v) is 9.44. The number of rotatable bonds is 3. The van der Waals surface area contributed by atoms with Gasteiger partial charge in [-0.05, 0) is 27.7 Å². The average Bonchev–Trinajstić information content (AvgIpc) is 2.46. The molecule has 4 heteroatoms. The summed E-state index contributed by atoms with van der Waals surface area (Å²) < 4.78 is 12.4. The largest absolute Gasteiger partial charge is 0.467 e. The van der Waals surface area contributed by atoms with Crippen molar-refractivity contribution in [1.82, 2.24) is 4.57 Å². The van der Waals surface area contributed by atoms with Crippen molar-refractivity contribution in [3.8, 4) is 5.95 Å². The van der Waals surface area contributed by atoms with E-state index in [2.05, 4.69) is 18.8 Å². The van der Waals surface area contributed by atoms with Crippen LogP contribution >= 0.6 is 0 Å². The first-order valence-corrected chi connectivity index (χ1v) is 4.84. The van der Waals surface area contributed by atoms with Gasteiger partial charge in [0.15, 0.2) is 0 Å². The predicted octanol–water partition coefficient (Wildman–Crippen LogP) is 1.98. The fourth-order valence-electron chi connectivity index (χ4n) is 1.12. The Morgan fingerprint density at radius 1 is 1.36 bits per heavy atom. The van der Waals surface area contributed by atoms with E-state index < -0.39 is 0 Å². The summed E-state index contributed by atoms with van der Waals surface area (Å²) in [5.74, 6) is 0.498. The molecule has 1 heterocycles. The van der Waals surface area contributed by atoms with E-state index in [1.807, 2.05) is 24.6 Å². The maximum Gasteiger partial charge on any atom is 0.304 e. The first-order valence-electron chi connectivity index (χ1n) is 4.84. The summed E-state index contributed by atoms with van der Waals surface area (Å²) in [6.07, 6.45) is 1.83. The normalized spacial score (nSPS) is 12.9. The Morgan fingerprint density at radius 3 is 2.43 bits per heavy atom. The first kappa shape index (κ1) is 10.9. The van der Waals surface area contributed by atoms with Crippen LogP contribution in [0.3, 0.4) is 0 Å². The Hall–Kier alpha value is -1.19. The van der Waals surface area contributed by atoms with Crippen LogP contribution in [0.5, 0.6) is 5.95 Å². The standard InChI is InChI=1S/C10H18N2O2/c1-7(2)11-10-12(8(3)4)6-9(13-5)14-10/h6-8H,1-5H3. The lowest BCUT2D eigenvalue weighted by atomic mass is 10.4. The highest BCUT2D eigenvalue weighted by molar-refractivity contribution is 4.97. The summed E-state index contributed by atoms with van der Waals surface area (Å²) in [6, 6.07) is 0.538. The highest BCUT2D eigenvalue weighted by Gasteiger charge is 2.07. The molecule has 0 radical (unpaired) electrons. The molecule has 0 aliphatic carbocycles. The highest BCUT2D eigenvalue weighted by Crippen LogP contribution is 2.10. The number of hydrogen-bond acceptors (Lipinski definition) is 3. The van der Waals surface area contributed by atoms with Gasteiger partial charge in [0.25, 0.3) is 5.68 Å². The third kappa shape index (κ3) is 2.40. The number of ether oxygens (including phenoxy) is 1. The van der Waals surface area contributed by atoms with Gasteiger partial charge in [0.1, 0.15) is 0 Å². The Labute approximate surface area is 84.2 Å². The molecule has 0 aromatic carbocycles. The molecule has 0 unspecified atom stereocenters. The van der Waals surface area contributed by atoms with Crippen molar-refractivity contribution in [2.24, 2.45) is 4.99 Å². The van der Waals surface area contributed by atoms with Crippen LogP contribution in [0.4, 0.5) is 0 Å². The number of oxazole rings is 1. The summed E-state index contributed by atoms with van der Waals surface area (Å²) >= 11 is 0. The number of aromatic nitrogens is 1. The molecule has 14 heavy (non-hydrogen) atoms. The van der Waals surface area contributed by atoms with E-state index in [1.165, 1.54) is 0 Å². The second-order valence-electron chi connectivity index (χ2n) is 3.76. The number of hydrogen-bond donors (Lipinski definition) is 0. The number of nitrogens with zero attached hydrogens (tertiary/aromatic N) is 2. The maximum absolute atomic E-state index is 5.41.